The minimum Gasteiger partial charge on any atom is -0.462 e. The lowest BCUT2D eigenvalue weighted by Gasteiger charge is -2.18. The first-order valence-electron chi connectivity index (χ1n) is 8.42. The SMILES string of the molecule is [CH2-]CCCCCCCC(=O)O[C@H](COC(=O)CC[CH2-])COP(=O)(O)O. The first kappa shape index (κ1) is 24.1. The Morgan fingerprint density at radius 1 is 0.880 bits per heavy atom. The van der Waals surface area contributed by atoms with E-state index in [1.54, 1.807) is 0 Å². The second-order valence-electron chi connectivity index (χ2n) is 5.56. The number of ether oxygens (including phenoxy) is 2. The molecule has 2 N–H and O–H groups in total. The highest BCUT2D eigenvalue weighted by molar-refractivity contribution is 7.46. The quantitative estimate of drug-likeness (QED) is 0.193. The molecule has 0 saturated heterocycles. The van der Waals surface area contributed by atoms with Crippen LogP contribution >= 0.6 is 7.82 Å². The Balaban J connectivity index is 4.23. The van der Waals surface area contributed by atoms with E-state index in [1.165, 1.54) is 0 Å². The minimum atomic E-state index is -4.71. The van der Waals surface area contributed by atoms with Gasteiger partial charge in [0.25, 0.3) is 0 Å². The van der Waals surface area contributed by atoms with Crippen molar-refractivity contribution in [2.24, 2.45) is 0 Å². The normalized spacial score (nSPS) is 12.6. The molecule has 8 nitrogen and oxygen atoms in total. The largest absolute Gasteiger partial charge is 0.469 e. The second-order valence-corrected chi connectivity index (χ2v) is 6.80. The van der Waals surface area contributed by atoms with Crippen molar-refractivity contribution in [3.05, 3.63) is 13.8 Å². The van der Waals surface area contributed by atoms with E-state index in [-0.39, 0.29) is 19.4 Å². The molecule has 0 heterocycles. The molecule has 0 spiro atoms. The van der Waals surface area contributed by atoms with Crippen LogP contribution in [0.25, 0.3) is 0 Å². The molecule has 0 unspecified atom stereocenters. The minimum absolute atomic E-state index is 0.104. The Hall–Kier alpha value is -0.950. The van der Waals surface area contributed by atoms with E-state index >= 15 is 0 Å². The molecular weight excluding hydrogens is 351 g/mol. The summed E-state index contributed by atoms with van der Waals surface area (Å²) in [6, 6.07) is 0. The van der Waals surface area contributed by atoms with Gasteiger partial charge in [-0.1, -0.05) is 25.7 Å². The van der Waals surface area contributed by atoms with E-state index in [4.69, 9.17) is 19.3 Å². The standard InChI is InChI=1S/C16H29O8P/c1-3-5-6-7-8-9-11-16(18)24-14(13-23-25(19,20)21)12-22-15(17)10-4-2/h14H,1-13H2,(H2,19,20,21)/q-2/t14-/m1/s1. The van der Waals surface area contributed by atoms with E-state index < -0.39 is 32.5 Å². The fourth-order valence-electron chi connectivity index (χ4n) is 1.92. The molecule has 0 aromatic heterocycles. The third-order valence-electron chi connectivity index (χ3n) is 3.17. The van der Waals surface area contributed by atoms with Gasteiger partial charge in [-0.3, -0.25) is 14.1 Å². The maximum absolute atomic E-state index is 11.8. The van der Waals surface area contributed by atoms with Crippen LogP contribution in [-0.4, -0.2) is 41.0 Å². The summed E-state index contributed by atoms with van der Waals surface area (Å²) in [5.41, 5.74) is 0. The van der Waals surface area contributed by atoms with Crippen molar-refractivity contribution in [3.8, 4) is 0 Å². The van der Waals surface area contributed by atoms with Crippen LogP contribution in [0.5, 0.6) is 0 Å². The highest BCUT2D eigenvalue weighted by atomic mass is 31.2. The van der Waals surface area contributed by atoms with Gasteiger partial charge in [-0.25, -0.2) is 4.57 Å². The molecule has 0 aromatic rings. The zero-order valence-electron chi connectivity index (χ0n) is 14.6. The van der Waals surface area contributed by atoms with Gasteiger partial charge in [0.1, 0.15) is 6.61 Å². The van der Waals surface area contributed by atoms with Gasteiger partial charge in [0.15, 0.2) is 6.10 Å². The summed E-state index contributed by atoms with van der Waals surface area (Å²) in [4.78, 5) is 40.6. The molecule has 1 atom stereocenters. The lowest BCUT2D eigenvalue weighted by Crippen LogP contribution is -2.29. The van der Waals surface area contributed by atoms with E-state index in [2.05, 4.69) is 18.4 Å². The summed E-state index contributed by atoms with van der Waals surface area (Å²) in [7, 11) is -4.71. The van der Waals surface area contributed by atoms with Crippen molar-refractivity contribution in [3.63, 3.8) is 0 Å². The maximum atomic E-state index is 11.8. The van der Waals surface area contributed by atoms with Crippen molar-refractivity contribution in [2.45, 2.75) is 63.9 Å². The number of phosphoric ester groups is 1. The Morgan fingerprint density at radius 3 is 2.12 bits per heavy atom. The zero-order valence-corrected chi connectivity index (χ0v) is 15.5. The Bertz CT molecular complexity index is 420. The Labute approximate surface area is 149 Å². The van der Waals surface area contributed by atoms with E-state index in [9.17, 15) is 14.2 Å². The number of hydrogen-bond donors (Lipinski definition) is 2. The van der Waals surface area contributed by atoms with Crippen molar-refractivity contribution in [1.29, 1.82) is 0 Å². The summed E-state index contributed by atoms with van der Waals surface area (Å²) >= 11 is 0. The van der Waals surface area contributed by atoms with Gasteiger partial charge >= 0.3 is 19.8 Å². The molecule has 0 aliphatic heterocycles. The monoisotopic (exact) mass is 380 g/mol. The molecule has 148 valence electrons. The highest BCUT2D eigenvalue weighted by Crippen LogP contribution is 2.35. The predicted molar refractivity (Wildman–Crippen MR) is 91.1 cm³/mol. The van der Waals surface area contributed by atoms with E-state index in [0.29, 0.717) is 12.8 Å². The van der Waals surface area contributed by atoms with Gasteiger partial charge in [-0.05, 0) is 6.42 Å². The van der Waals surface area contributed by atoms with Crippen molar-refractivity contribution in [1.82, 2.24) is 0 Å². The fourth-order valence-corrected chi connectivity index (χ4v) is 2.28. The van der Waals surface area contributed by atoms with E-state index in [0.717, 1.165) is 32.1 Å². The van der Waals surface area contributed by atoms with Gasteiger partial charge in [-0.2, -0.15) is 12.8 Å². The second kappa shape index (κ2) is 14.2. The van der Waals surface area contributed by atoms with Crippen molar-refractivity contribution in [2.75, 3.05) is 13.2 Å². The molecule has 0 aliphatic carbocycles. The van der Waals surface area contributed by atoms with Crippen LogP contribution in [0.2, 0.25) is 0 Å². The summed E-state index contributed by atoms with van der Waals surface area (Å²) in [5, 5.41) is 0. The third-order valence-corrected chi connectivity index (χ3v) is 3.65. The van der Waals surface area contributed by atoms with Crippen LogP contribution in [-0.2, 0) is 28.2 Å². The molecule has 25 heavy (non-hydrogen) atoms. The van der Waals surface area contributed by atoms with Gasteiger partial charge in [0.05, 0.1) is 6.61 Å². The summed E-state index contributed by atoms with van der Waals surface area (Å²) < 4.78 is 25.1. The van der Waals surface area contributed by atoms with Crippen LogP contribution < -0.4 is 0 Å². The van der Waals surface area contributed by atoms with Crippen LogP contribution in [0, 0.1) is 13.8 Å². The predicted octanol–water partition coefficient (Wildman–Crippen LogP) is 2.73. The molecule has 0 saturated carbocycles. The molecule has 0 fully saturated rings. The Morgan fingerprint density at radius 2 is 1.52 bits per heavy atom. The average Bonchev–Trinajstić information content (AvgIpc) is 2.53. The van der Waals surface area contributed by atoms with Crippen LogP contribution in [0.4, 0.5) is 0 Å². The number of rotatable bonds is 15. The topological polar surface area (TPSA) is 119 Å². The summed E-state index contributed by atoms with van der Waals surface area (Å²) in [6.45, 7) is 6.39. The molecule has 0 amide bonds. The number of unbranched alkanes of at least 4 members (excludes halogenated alkanes) is 5. The van der Waals surface area contributed by atoms with Gasteiger partial charge < -0.3 is 33.1 Å². The average molecular weight is 380 g/mol. The van der Waals surface area contributed by atoms with Crippen LogP contribution in [0.1, 0.15) is 57.8 Å². The zero-order chi connectivity index (χ0) is 19.1. The molecule has 0 rings (SSSR count). The maximum Gasteiger partial charge on any atom is 0.469 e. The van der Waals surface area contributed by atoms with Crippen molar-refractivity contribution >= 4 is 19.8 Å². The summed E-state index contributed by atoms with van der Waals surface area (Å²) in [6.07, 6.45) is 5.16. The fraction of sp³-hybridized carbons (Fsp3) is 0.750. The molecule has 9 heteroatoms. The molecule has 0 aromatic carbocycles. The molecular formula is C16H29O8P-2. The molecule has 0 radical (unpaired) electrons. The third kappa shape index (κ3) is 16.3. The van der Waals surface area contributed by atoms with E-state index in [1.807, 2.05) is 0 Å². The smallest absolute Gasteiger partial charge is 0.462 e. The number of phosphoric acid groups is 1. The highest BCUT2D eigenvalue weighted by Gasteiger charge is 2.22. The number of esters is 2. The lowest BCUT2D eigenvalue weighted by molar-refractivity contribution is -0.161. The number of hydrogen-bond acceptors (Lipinski definition) is 6. The van der Waals surface area contributed by atoms with Crippen molar-refractivity contribution < 1.29 is 37.9 Å². The summed E-state index contributed by atoms with van der Waals surface area (Å²) in [5.74, 6) is -1.05. The van der Waals surface area contributed by atoms with Gasteiger partial charge in [-0.15, -0.1) is 0 Å². The first-order valence-corrected chi connectivity index (χ1v) is 9.95. The van der Waals surface area contributed by atoms with Gasteiger partial charge in [0.2, 0.25) is 0 Å². The molecule has 0 aliphatic rings. The number of carbonyl (C=O) groups is 2. The first-order chi connectivity index (χ1) is 11.8. The lowest BCUT2D eigenvalue weighted by atomic mass is 10.1. The van der Waals surface area contributed by atoms with Gasteiger partial charge in [0, 0.05) is 12.8 Å². The van der Waals surface area contributed by atoms with Crippen LogP contribution in [0.3, 0.4) is 0 Å². The Kier molecular flexibility index (Phi) is 13.7. The van der Waals surface area contributed by atoms with Crippen LogP contribution in [0.15, 0.2) is 0 Å². The number of carbonyl (C=O) groups excluding carboxylic acids is 2. The molecule has 0 bridgehead atoms.